The van der Waals surface area contributed by atoms with Gasteiger partial charge in [-0.15, -0.1) is 0 Å². The van der Waals surface area contributed by atoms with Crippen LogP contribution in [0.3, 0.4) is 0 Å². The molecule has 0 saturated carbocycles. The van der Waals surface area contributed by atoms with E-state index in [0.29, 0.717) is 22.8 Å². The lowest BCUT2D eigenvalue weighted by Crippen LogP contribution is -2.46. The topological polar surface area (TPSA) is 103 Å². The highest BCUT2D eigenvalue weighted by molar-refractivity contribution is 5.87. The highest BCUT2D eigenvalue weighted by atomic mass is 16.5. The maximum atomic E-state index is 6.16. The summed E-state index contributed by atoms with van der Waals surface area (Å²) in [7, 11) is 1.98. The second-order valence-corrected chi connectivity index (χ2v) is 9.50. The molecule has 0 radical (unpaired) electrons. The molecule has 1 N–H and O–H groups in total. The fourth-order valence-corrected chi connectivity index (χ4v) is 4.71. The van der Waals surface area contributed by atoms with E-state index in [1.54, 1.807) is 12.5 Å². The fourth-order valence-electron chi connectivity index (χ4n) is 4.71. The lowest BCUT2D eigenvalue weighted by atomic mass is 10.2. The van der Waals surface area contributed by atoms with Gasteiger partial charge in [-0.25, -0.2) is 24.9 Å². The third-order valence-electron chi connectivity index (χ3n) is 6.43. The van der Waals surface area contributed by atoms with Gasteiger partial charge in [-0.3, -0.25) is 0 Å². The molecule has 37 heavy (non-hydrogen) atoms. The van der Waals surface area contributed by atoms with E-state index >= 15 is 0 Å². The number of aromatic nitrogens is 6. The number of morpholine rings is 1. The summed E-state index contributed by atoms with van der Waals surface area (Å²) in [6.45, 7) is 7.61. The van der Waals surface area contributed by atoms with Crippen LogP contribution in [0, 0.1) is 6.92 Å². The summed E-state index contributed by atoms with van der Waals surface area (Å²) in [5, 5.41) is 3.40. The fraction of sp³-hybridized carbons (Fsp3) is 0.296. The first-order chi connectivity index (χ1) is 17.9. The van der Waals surface area contributed by atoms with E-state index in [-0.39, 0.29) is 12.2 Å². The van der Waals surface area contributed by atoms with Gasteiger partial charge in [-0.2, -0.15) is 0 Å². The molecule has 0 bridgehead atoms. The number of benzene rings is 2. The van der Waals surface area contributed by atoms with Gasteiger partial charge in [0.2, 0.25) is 5.95 Å². The number of rotatable bonds is 5. The van der Waals surface area contributed by atoms with E-state index in [1.165, 1.54) is 6.33 Å². The molecule has 0 aliphatic carbocycles. The smallest absolute Gasteiger partial charge is 0.226 e. The summed E-state index contributed by atoms with van der Waals surface area (Å²) >= 11 is 0. The summed E-state index contributed by atoms with van der Waals surface area (Å²) in [4.78, 5) is 24.8. The van der Waals surface area contributed by atoms with E-state index in [0.717, 1.165) is 46.9 Å². The standard InChI is InChI=1S/C27H28N8O2/c1-16-9-19(5-8-24(16)37-20-6-7-23-21(10-20)31-15-34(23)4)32-26-25-22(29-14-30-26)11-28-27(33-25)35-12-17(2)36-18(3)13-35/h5-11,14-15,17-18H,12-13H2,1-4H3,(H,29,30,32)/t17-,18-/m0/s1. The molecule has 0 amide bonds. The molecule has 1 aliphatic heterocycles. The summed E-state index contributed by atoms with van der Waals surface area (Å²) in [6.07, 6.45) is 5.29. The number of hydrogen-bond acceptors (Lipinski definition) is 9. The third kappa shape index (κ3) is 4.63. The Kier molecular flexibility index (Phi) is 5.80. The number of anilines is 3. The number of ether oxygens (including phenoxy) is 2. The Morgan fingerprint density at radius 1 is 0.973 bits per heavy atom. The van der Waals surface area contributed by atoms with Crippen molar-refractivity contribution >= 4 is 39.5 Å². The van der Waals surface area contributed by atoms with Crippen molar-refractivity contribution in [1.29, 1.82) is 0 Å². The van der Waals surface area contributed by atoms with E-state index < -0.39 is 0 Å². The van der Waals surface area contributed by atoms with Gasteiger partial charge in [-0.05, 0) is 56.7 Å². The average molecular weight is 497 g/mol. The van der Waals surface area contributed by atoms with E-state index in [4.69, 9.17) is 14.5 Å². The SMILES string of the molecule is Cc1cc(Nc2ncnc3cnc(N4C[C@H](C)O[C@@H](C)C4)nc23)ccc1Oc1ccc2c(c1)ncn2C. The largest absolute Gasteiger partial charge is 0.457 e. The maximum Gasteiger partial charge on any atom is 0.226 e. The number of hydrogen-bond donors (Lipinski definition) is 1. The number of nitrogens with zero attached hydrogens (tertiary/aromatic N) is 7. The van der Waals surface area contributed by atoms with Crippen molar-refractivity contribution in [2.45, 2.75) is 33.0 Å². The predicted molar refractivity (Wildman–Crippen MR) is 143 cm³/mol. The molecular formula is C27H28N8O2. The van der Waals surface area contributed by atoms with Gasteiger partial charge in [0.05, 0.1) is 35.8 Å². The molecule has 2 aromatic carbocycles. The van der Waals surface area contributed by atoms with Gasteiger partial charge < -0.3 is 24.3 Å². The van der Waals surface area contributed by atoms with Crippen LogP contribution in [-0.2, 0) is 11.8 Å². The molecule has 1 fully saturated rings. The first kappa shape index (κ1) is 23.1. The molecule has 0 unspecified atom stereocenters. The van der Waals surface area contributed by atoms with Crippen LogP contribution in [0.4, 0.5) is 17.5 Å². The molecule has 2 atom stereocenters. The molecule has 1 aliphatic rings. The minimum absolute atomic E-state index is 0.113. The number of imidazole rings is 1. The molecule has 0 spiro atoms. The van der Waals surface area contributed by atoms with E-state index in [2.05, 4.69) is 44.0 Å². The van der Waals surface area contributed by atoms with Gasteiger partial charge in [0.15, 0.2) is 5.82 Å². The average Bonchev–Trinajstić information content (AvgIpc) is 3.25. The molecule has 3 aromatic heterocycles. The van der Waals surface area contributed by atoms with Crippen molar-refractivity contribution in [3.63, 3.8) is 0 Å². The van der Waals surface area contributed by atoms with E-state index in [1.807, 2.05) is 54.9 Å². The van der Waals surface area contributed by atoms with Crippen molar-refractivity contribution in [2.75, 3.05) is 23.3 Å². The lowest BCUT2D eigenvalue weighted by molar-refractivity contribution is -0.00570. The van der Waals surface area contributed by atoms with Crippen molar-refractivity contribution in [3.05, 3.63) is 60.8 Å². The zero-order chi connectivity index (χ0) is 25.5. The van der Waals surface area contributed by atoms with Crippen LogP contribution in [0.5, 0.6) is 11.5 Å². The van der Waals surface area contributed by atoms with Gasteiger partial charge in [0, 0.05) is 31.9 Å². The van der Waals surface area contributed by atoms with Crippen molar-refractivity contribution < 1.29 is 9.47 Å². The number of fused-ring (bicyclic) bond motifs is 2. The quantitative estimate of drug-likeness (QED) is 0.369. The van der Waals surface area contributed by atoms with Gasteiger partial charge in [0.25, 0.3) is 0 Å². The summed E-state index contributed by atoms with van der Waals surface area (Å²) in [6, 6.07) is 11.8. The van der Waals surface area contributed by atoms with Crippen molar-refractivity contribution in [3.8, 4) is 11.5 Å². The second-order valence-electron chi connectivity index (χ2n) is 9.50. The van der Waals surface area contributed by atoms with Crippen LogP contribution in [0.2, 0.25) is 0 Å². The monoisotopic (exact) mass is 496 g/mol. The Hall–Kier alpha value is -4.31. The highest BCUT2D eigenvalue weighted by Crippen LogP contribution is 2.31. The molecule has 10 heteroatoms. The molecule has 5 aromatic rings. The Bertz CT molecular complexity index is 1590. The summed E-state index contributed by atoms with van der Waals surface area (Å²) in [5.41, 5.74) is 5.16. The number of aryl methyl sites for hydroxylation is 2. The molecular weight excluding hydrogens is 468 g/mol. The van der Waals surface area contributed by atoms with Crippen LogP contribution >= 0.6 is 0 Å². The van der Waals surface area contributed by atoms with Crippen LogP contribution in [0.15, 0.2) is 55.2 Å². The summed E-state index contributed by atoms with van der Waals surface area (Å²) < 4.78 is 14.0. The van der Waals surface area contributed by atoms with Crippen LogP contribution in [0.1, 0.15) is 19.4 Å². The zero-order valence-corrected chi connectivity index (χ0v) is 21.2. The Morgan fingerprint density at radius 2 is 1.81 bits per heavy atom. The van der Waals surface area contributed by atoms with Crippen molar-refractivity contribution in [1.82, 2.24) is 29.5 Å². The second kappa shape index (κ2) is 9.29. The highest BCUT2D eigenvalue weighted by Gasteiger charge is 2.24. The Morgan fingerprint density at radius 3 is 2.62 bits per heavy atom. The lowest BCUT2D eigenvalue weighted by Gasteiger charge is -2.35. The minimum atomic E-state index is 0.113. The van der Waals surface area contributed by atoms with Crippen molar-refractivity contribution in [2.24, 2.45) is 7.05 Å². The summed E-state index contributed by atoms with van der Waals surface area (Å²) in [5.74, 6) is 2.79. The first-order valence-corrected chi connectivity index (χ1v) is 12.3. The number of nitrogens with one attached hydrogen (secondary N) is 1. The minimum Gasteiger partial charge on any atom is -0.457 e. The van der Waals surface area contributed by atoms with Crippen LogP contribution in [-0.4, -0.2) is 54.8 Å². The first-order valence-electron chi connectivity index (χ1n) is 12.3. The van der Waals surface area contributed by atoms with Gasteiger partial charge in [0.1, 0.15) is 28.9 Å². The molecule has 188 valence electrons. The molecule has 10 nitrogen and oxygen atoms in total. The zero-order valence-electron chi connectivity index (χ0n) is 21.2. The van der Waals surface area contributed by atoms with Gasteiger partial charge in [-0.1, -0.05) is 0 Å². The Balaban J connectivity index is 1.25. The predicted octanol–water partition coefficient (Wildman–Crippen LogP) is 4.76. The molecule has 6 rings (SSSR count). The van der Waals surface area contributed by atoms with Gasteiger partial charge >= 0.3 is 0 Å². The Labute approximate surface area is 214 Å². The third-order valence-corrected chi connectivity index (χ3v) is 6.43. The van der Waals surface area contributed by atoms with E-state index in [9.17, 15) is 0 Å². The normalized spacial score (nSPS) is 17.9. The maximum absolute atomic E-state index is 6.16. The molecule has 4 heterocycles. The molecule has 1 saturated heterocycles. The van der Waals surface area contributed by atoms with Crippen LogP contribution in [0.25, 0.3) is 22.1 Å². The van der Waals surface area contributed by atoms with Crippen LogP contribution < -0.4 is 15.0 Å².